The first-order chi connectivity index (χ1) is 15.7. The normalized spacial score (nSPS) is 53.9. The molecule has 9 atom stereocenters. The quantitative estimate of drug-likeness (QED) is 0.329. The van der Waals surface area contributed by atoms with Gasteiger partial charge in [-0.1, -0.05) is 58.4 Å². The molecule has 0 aliphatic heterocycles. The van der Waals surface area contributed by atoms with Crippen LogP contribution in [0.3, 0.4) is 0 Å². The van der Waals surface area contributed by atoms with E-state index in [0.717, 1.165) is 38.5 Å². The van der Waals surface area contributed by atoms with E-state index in [2.05, 4.69) is 52.8 Å². The monoisotopic (exact) mass is 469 g/mol. The van der Waals surface area contributed by atoms with Crippen molar-refractivity contribution in [2.45, 2.75) is 119 Å². The Kier molecular flexibility index (Phi) is 5.18. The third kappa shape index (κ3) is 2.86. The molecule has 0 amide bonds. The number of carboxylic acids is 1. The summed E-state index contributed by atoms with van der Waals surface area (Å²) >= 11 is 0. The van der Waals surface area contributed by atoms with Crippen molar-refractivity contribution in [1.82, 2.24) is 0 Å². The molecule has 0 aromatic heterocycles. The predicted octanol–water partition coefficient (Wildman–Crippen LogP) is 8.01. The van der Waals surface area contributed by atoms with Crippen LogP contribution in [0.4, 0.5) is 0 Å². The maximum absolute atomic E-state index is 12.2. The van der Waals surface area contributed by atoms with Crippen molar-refractivity contribution in [3.8, 4) is 0 Å². The fourth-order valence-electron chi connectivity index (χ4n) is 10.7. The summed E-state index contributed by atoms with van der Waals surface area (Å²) in [7, 11) is 0. The number of rotatable bonds is 2. The predicted molar refractivity (Wildman–Crippen MR) is 136 cm³/mol. The van der Waals surface area contributed by atoms with E-state index in [4.69, 9.17) is 0 Å². The molecule has 0 aromatic carbocycles. The van der Waals surface area contributed by atoms with E-state index in [1.807, 2.05) is 6.92 Å². The minimum Gasteiger partial charge on any atom is -0.481 e. The van der Waals surface area contributed by atoms with Gasteiger partial charge in [0.05, 0.1) is 11.5 Å². The van der Waals surface area contributed by atoms with Crippen molar-refractivity contribution < 1.29 is 9.90 Å². The zero-order valence-electron chi connectivity index (χ0n) is 22.7. The van der Waals surface area contributed by atoms with Gasteiger partial charge in [-0.25, -0.2) is 0 Å². The molecule has 0 saturated heterocycles. The molecule has 0 heterocycles. The number of carbonyl (C=O) groups is 1. The van der Waals surface area contributed by atoms with Crippen molar-refractivity contribution in [1.29, 1.82) is 0 Å². The topological polar surface area (TPSA) is 66.7 Å². The highest BCUT2D eigenvalue weighted by Crippen LogP contribution is 2.75. The fourth-order valence-corrected chi connectivity index (χ4v) is 10.7. The minimum absolute atomic E-state index is 0.0429. The highest BCUT2D eigenvalue weighted by Gasteiger charge is 2.68. The van der Waals surface area contributed by atoms with Crippen LogP contribution in [0.5, 0.6) is 0 Å². The first-order valence-corrected chi connectivity index (χ1v) is 13.9. The molecule has 190 valence electrons. The Labute approximate surface area is 206 Å². The highest BCUT2D eigenvalue weighted by molar-refractivity contribution is 5.74. The van der Waals surface area contributed by atoms with E-state index in [1.54, 1.807) is 5.57 Å². The van der Waals surface area contributed by atoms with E-state index in [1.165, 1.54) is 25.7 Å². The molecule has 5 rings (SSSR count). The molecule has 4 saturated carbocycles. The summed E-state index contributed by atoms with van der Waals surface area (Å²) in [5.74, 6) is 0.916. The van der Waals surface area contributed by atoms with Gasteiger partial charge in [0.15, 0.2) is 0 Å². The molecule has 4 heteroatoms. The maximum Gasteiger partial charge on any atom is 0.309 e. The van der Waals surface area contributed by atoms with Gasteiger partial charge in [0.25, 0.3) is 0 Å². The second-order valence-corrected chi connectivity index (χ2v) is 15.1. The molecule has 5 aliphatic rings. The zero-order valence-corrected chi connectivity index (χ0v) is 22.7. The van der Waals surface area contributed by atoms with Gasteiger partial charge in [-0.15, -0.1) is 0 Å². The second kappa shape index (κ2) is 7.19. The van der Waals surface area contributed by atoms with Crippen molar-refractivity contribution in [3.63, 3.8) is 0 Å². The van der Waals surface area contributed by atoms with E-state index in [0.29, 0.717) is 17.8 Å². The van der Waals surface area contributed by atoms with Gasteiger partial charge >= 0.3 is 5.97 Å². The third-order valence-corrected chi connectivity index (χ3v) is 13.5. The summed E-state index contributed by atoms with van der Waals surface area (Å²) in [4.78, 5) is 24.0. The van der Waals surface area contributed by atoms with Gasteiger partial charge in [-0.3, -0.25) is 4.79 Å². The molecule has 4 nitrogen and oxygen atoms in total. The van der Waals surface area contributed by atoms with E-state index >= 15 is 0 Å². The van der Waals surface area contributed by atoms with Crippen molar-refractivity contribution in [3.05, 3.63) is 16.6 Å². The molecule has 1 N–H and O–H groups in total. The number of fused-ring (bicyclic) bond motifs is 7. The van der Waals surface area contributed by atoms with Gasteiger partial charge in [-0.2, -0.15) is 4.91 Å². The lowest BCUT2D eigenvalue weighted by molar-refractivity contribution is -0.184. The number of hydrogen-bond donors (Lipinski definition) is 1. The fraction of sp³-hybridized carbons (Fsp3) is 0.900. The third-order valence-electron chi connectivity index (χ3n) is 13.5. The van der Waals surface area contributed by atoms with Crippen LogP contribution in [0.2, 0.25) is 0 Å². The molecule has 34 heavy (non-hydrogen) atoms. The average molecular weight is 470 g/mol. The molecule has 0 aromatic rings. The van der Waals surface area contributed by atoms with E-state index in [-0.39, 0.29) is 33.1 Å². The van der Waals surface area contributed by atoms with Crippen molar-refractivity contribution in [2.75, 3.05) is 0 Å². The number of nitroso groups, excluding NO2 is 1. The highest BCUT2D eigenvalue weighted by atomic mass is 16.4. The Hall–Kier alpha value is -1.19. The summed E-state index contributed by atoms with van der Waals surface area (Å²) in [6, 6.07) is -0.0634. The van der Waals surface area contributed by atoms with Crippen LogP contribution in [0.1, 0.15) is 113 Å². The van der Waals surface area contributed by atoms with Crippen molar-refractivity contribution >= 4 is 5.97 Å². The summed E-state index contributed by atoms with van der Waals surface area (Å²) in [5, 5.41) is 13.7. The standard InChI is InChI=1S/C30H47NO3/c1-25(2)21-10-13-30(7)22(28(21,5)12-11-23(25)31-34)9-8-19-20-18-27(4,24(32)33)15-14-26(20,3)16-17-29(19,30)6/h8,20-23H,9-18H2,1-7H3,(H,32,33)/t20-,21-,22+,23?,26+,27+,28-,29+,30+/m0/s1. The lowest BCUT2D eigenvalue weighted by Gasteiger charge is -2.71. The first kappa shape index (κ1) is 24.5. The number of carboxylic acid groups (broad SMARTS) is 1. The van der Waals surface area contributed by atoms with Crippen LogP contribution >= 0.6 is 0 Å². The molecule has 5 aliphatic carbocycles. The summed E-state index contributed by atoms with van der Waals surface area (Å²) in [5.41, 5.74) is 1.78. The van der Waals surface area contributed by atoms with Crippen LogP contribution in [0.15, 0.2) is 16.8 Å². The molecule has 1 unspecified atom stereocenters. The number of aliphatic carboxylic acids is 1. The van der Waals surface area contributed by atoms with Gasteiger partial charge in [-0.05, 0) is 116 Å². The SMILES string of the molecule is CC1(C)C(N=O)CC[C@]2(C)[C@H]3CC=C4[C@@H]5C[C@](C)(C(=O)O)CC[C@]5(C)CC[C@@]4(C)[C@]3(C)CC[C@@H]12. The van der Waals surface area contributed by atoms with E-state index < -0.39 is 11.4 Å². The Morgan fingerprint density at radius 3 is 2.24 bits per heavy atom. The maximum atomic E-state index is 12.2. The van der Waals surface area contributed by atoms with Gasteiger partial charge in [0.1, 0.15) is 0 Å². The molecule has 0 spiro atoms. The van der Waals surface area contributed by atoms with Gasteiger partial charge in [0, 0.05) is 0 Å². The Bertz CT molecular complexity index is 939. The lowest BCUT2D eigenvalue weighted by atomic mass is 9.33. The van der Waals surface area contributed by atoms with E-state index in [9.17, 15) is 14.8 Å². The molecule has 4 fully saturated rings. The summed E-state index contributed by atoms with van der Waals surface area (Å²) < 4.78 is 0. The van der Waals surface area contributed by atoms with Crippen LogP contribution in [-0.2, 0) is 4.79 Å². The molecular formula is C30H47NO3. The van der Waals surface area contributed by atoms with Crippen LogP contribution in [0, 0.1) is 55.2 Å². The molecular weight excluding hydrogens is 422 g/mol. The lowest BCUT2D eigenvalue weighted by Crippen LogP contribution is -2.64. The number of allylic oxidation sites excluding steroid dienone is 2. The second-order valence-electron chi connectivity index (χ2n) is 15.1. The summed E-state index contributed by atoms with van der Waals surface area (Å²) in [6.07, 6.45) is 13.2. The van der Waals surface area contributed by atoms with Gasteiger partial charge in [0.2, 0.25) is 0 Å². The summed E-state index contributed by atoms with van der Waals surface area (Å²) in [6.45, 7) is 16.7. The minimum atomic E-state index is -0.613. The Morgan fingerprint density at radius 1 is 0.912 bits per heavy atom. The average Bonchev–Trinajstić information content (AvgIpc) is 2.75. The number of nitrogens with zero attached hydrogens (tertiary/aromatic N) is 1. The zero-order chi connectivity index (χ0) is 24.9. The Balaban J connectivity index is 1.56. The smallest absolute Gasteiger partial charge is 0.309 e. The first-order valence-electron chi connectivity index (χ1n) is 13.9. The van der Waals surface area contributed by atoms with Crippen molar-refractivity contribution in [2.24, 2.45) is 55.4 Å². The van der Waals surface area contributed by atoms with Crippen LogP contribution in [0.25, 0.3) is 0 Å². The van der Waals surface area contributed by atoms with Crippen LogP contribution < -0.4 is 0 Å². The molecule has 0 bridgehead atoms. The van der Waals surface area contributed by atoms with Gasteiger partial charge < -0.3 is 5.11 Å². The van der Waals surface area contributed by atoms with Crippen LogP contribution in [-0.4, -0.2) is 17.1 Å². The molecule has 0 radical (unpaired) electrons. The largest absolute Gasteiger partial charge is 0.481 e. The Morgan fingerprint density at radius 2 is 1.59 bits per heavy atom. The number of hydrogen-bond acceptors (Lipinski definition) is 3.